The maximum absolute atomic E-state index is 12.7. The Hall–Kier alpha value is -2.79. The third kappa shape index (κ3) is 5.65. The first-order valence-electron chi connectivity index (χ1n) is 6.64. The van der Waals surface area contributed by atoms with Crippen molar-refractivity contribution in [2.75, 3.05) is 24.3 Å². The van der Waals surface area contributed by atoms with Crippen LogP contribution in [0.15, 0.2) is 24.3 Å². The molecule has 0 atom stereocenters. The van der Waals surface area contributed by atoms with Crippen molar-refractivity contribution in [2.45, 2.75) is 12.4 Å². The summed E-state index contributed by atoms with van der Waals surface area (Å²) in [6, 6.07) is 3.51. The van der Waals surface area contributed by atoms with E-state index in [0.717, 1.165) is 18.2 Å². The number of alkyl halides is 6. The Kier molecular flexibility index (Phi) is 5.18. The number of nitrogens with zero attached hydrogens (tertiary/aromatic N) is 3. The molecule has 1 heterocycles. The average Bonchev–Trinajstić information content (AvgIpc) is 2.51. The number of halogens is 6. The van der Waals surface area contributed by atoms with E-state index in [2.05, 4.69) is 30.3 Å². The highest BCUT2D eigenvalue weighted by atomic mass is 19.4. The van der Waals surface area contributed by atoms with E-state index in [0.29, 0.717) is 0 Å². The van der Waals surface area contributed by atoms with Gasteiger partial charge in [0, 0.05) is 12.7 Å². The number of ether oxygens (including phenoxy) is 1. The van der Waals surface area contributed by atoms with Gasteiger partial charge in [0.15, 0.2) is 6.61 Å². The Morgan fingerprint density at radius 1 is 1.00 bits per heavy atom. The highest BCUT2D eigenvalue weighted by molar-refractivity contribution is 5.55. The molecule has 1 aromatic carbocycles. The van der Waals surface area contributed by atoms with E-state index in [1.807, 2.05) is 0 Å². The molecule has 0 aliphatic rings. The first-order chi connectivity index (χ1) is 11.6. The lowest BCUT2D eigenvalue weighted by molar-refractivity contribution is -0.154. The van der Waals surface area contributed by atoms with Crippen LogP contribution in [0.1, 0.15) is 5.56 Å². The second kappa shape index (κ2) is 6.99. The zero-order valence-electron chi connectivity index (χ0n) is 12.5. The molecule has 0 amide bonds. The number of benzene rings is 1. The van der Waals surface area contributed by atoms with Crippen molar-refractivity contribution < 1.29 is 31.1 Å². The van der Waals surface area contributed by atoms with Crippen LogP contribution in [0.4, 0.5) is 43.9 Å². The highest BCUT2D eigenvalue weighted by Gasteiger charge is 2.31. The van der Waals surface area contributed by atoms with Gasteiger partial charge >= 0.3 is 18.4 Å². The van der Waals surface area contributed by atoms with Crippen LogP contribution in [0.5, 0.6) is 6.01 Å². The van der Waals surface area contributed by atoms with Gasteiger partial charge in [-0.25, -0.2) is 0 Å². The summed E-state index contributed by atoms with van der Waals surface area (Å²) >= 11 is 0. The van der Waals surface area contributed by atoms with Gasteiger partial charge < -0.3 is 15.4 Å². The normalized spacial score (nSPS) is 12.0. The molecule has 12 heteroatoms. The molecule has 6 nitrogen and oxygen atoms in total. The summed E-state index contributed by atoms with van der Waals surface area (Å²) in [7, 11) is 1.40. The zero-order chi connectivity index (χ0) is 18.7. The van der Waals surface area contributed by atoms with Gasteiger partial charge in [0.05, 0.1) is 5.56 Å². The van der Waals surface area contributed by atoms with Gasteiger partial charge in [0.2, 0.25) is 11.9 Å². The molecule has 0 saturated heterocycles. The first kappa shape index (κ1) is 18.5. The Labute approximate surface area is 137 Å². The monoisotopic (exact) mass is 367 g/mol. The molecule has 2 N–H and O–H groups in total. The predicted octanol–water partition coefficient (Wildman–Crippen LogP) is 3.62. The smallest absolute Gasteiger partial charge is 0.422 e. The van der Waals surface area contributed by atoms with Crippen molar-refractivity contribution in [3.05, 3.63) is 29.8 Å². The molecular weight excluding hydrogens is 356 g/mol. The maximum Gasteiger partial charge on any atom is 0.422 e. The Balaban J connectivity index is 2.24. The third-order valence-electron chi connectivity index (χ3n) is 2.65. The largest absolute Gasteiger partial charge is 0.454 e. The minimum Gasteiger partial charge on any atom is -0.454 e. The van der Waals surface area contributed by atoms with Crippen molar-refractivity contribution in [1.29, 1.82) is 0 Å². The van der Waals surface area contributed by atoms with E-state index >= 15 is 0 Å². The summed E-state index contributed by atoms with van der Waals surface area (Å²) in [4.78, 5) is 11.0. The van der Waals surface area contributed by atoms with E-state index < -0.39 is 30.5 Å². The van der Waals surface area contributed by atoms with Gasteiger partial charge in [-0.05, 0) is 18.2 Å². The van der Waals surface area contributed by atoms with E-state index in [-0.39, 0.29) is 17.6 Å². The summed E-state index contributed by atoms with van der Waals surface area (Å²) < 4.78 is 79.1. The topological polar surface area (TPSA) is 72.0 Å². The molecule has 0 unspecified atom stereocenters. The van der Waals surface area contributed by atoms with Crippen LogP contribution in [-0.2, 0) is 6.18 Å². The zero-order valence-corrected chi connectivity index (χ0v) is 12.5. The van der Waals surface area contributed by atoms with Gasteiger partial charge in [0.25, 0.3) is 0 Å². The fourth-order valence-electron chi connectivity index (χ4n) is 1.64. The summed E-state index contributed by atoms with van der Waals surface area (Å²) in [6.07, 6.45) is -9.14. The van der Waals surface area contributed by atoms with Crippen molar-refractivity contribution >= 4 is 17.6 Å². The van der Waals surface area contributed by atoms with E-state index in [4.69, 9.17) is 0 Å². The van der Waals surface area contributed by atoms with Gasteiger partial charge in [-0.1, -0.05) is 6.07 Å². The Morgan fingerprint density at radius 3 is 2.28 bits per heavy atom. The lowest BCUT2D eigenvalue weighted by atomic mass is 10.2. The molecule has 25 heavy (non-hydrogen) atoms. The van der Waals surface area contributed by atoms with Gasteiger partial charge in [0.1, 0.15) is 0 Å². The molecule has 0 aliphatic heterocycles. The van der Waals surface area contributed by atoms with Gasteiger partial charge in [-0.2, -0.15) is 41.3 Å². The predicted molar refractivity (Wildman–Crippen MR) is 75.7 cm³/mol. The molecule has 0 radical (unpaired) electrons. The van der Waals surface area contributed by atoms with E-state index in [9.17, 15) is 26.3 Å². The standard InChI is InChI=1S/C13H11F6N5O/c1-20-9-22-10(24-11(23-9)25-6-12(14,15)16)21-8-4-2-3-7(5-8)13(17,18)19/h2-5H,6H2,1H3,(H2,20,21,22,23,24). The minimum absolute atomic E-state index is 0.00940. The van der Waals surface area contributed by atoms with Crippen molar-refractivity contribution in [3.63, 3.8) is 0 Å². The third-order valence-corrected chi connectivity index (χ3v) is 2.65. The van der Waals surface area contributed by atoms with E-state index in [1.165, 1.54) is 13.1 Å². The summed E-state index contributed by atoms with van der Waals surface area (Å²) in [6.45, 7) is -1.62. The van der Waals surface area contributed by atoms with Crippen LogP contribution in [0, 0.1) is 0 Å². The van der Waals surface area contributed by atoms with Crippen molar-refractivity contribution in [1.82, 2.24) is 15.0 Å². The Morgan fingerprint density at radius 2 is 1.68 bits per heavy atom. The first-order valence-corrected chi connectivity index (χ1v) is 6.64. The number of nitrogens with one attached hydrogen (secondary N) is 2. The molecule has 0 bridgehead atoms. The molecule has 0 fully saturated rings. The fraction of sp³-hybridized carbons (Fsp3) is 0.308. The van der Waals surface area contributed by atoms with E-state index in [1.54, 1.807) is 0 Å². The van der Waals surface area contributed by atoms with Crippen LogP contribution in [0.2, 0.25) is 0 Å². The van der Waals surface area contributed by atoms with Crippen LogP contribution < -0.4 is 15.4 Å². The van der Waals surface area contributed by atoms with Crippen LogP contribution >= 0.6 is 0 Å². The number of aromatic nitrogens is 3. The van der Waals surface area contributed by atoms with Crippen molar-refractivity contribution in [2.24, 2.45) is 0 Å². The van der Waals surface area contributed by atoms with Gasteiger partial charge in [-0.3, -0.25) is 0 Å². The van der Waals surface area contributed by atoms with Crippen molar-refractivity contribution in [3.8, 4) is 6.01 Å². The number of hydrogen-bond donors (Lipinski definition) is 2. The number of hydrogen-bond acceptors (Lipinski definition) is 6. The number of rotatable bonds is 5. The molecule has 2 aromatic rings. The molecular formula is C13H11F6N5O. The lowest BCUT2D eigenvalue weighted by Gasteiger charge is -2.12. The summed E-state index contributed by atoms with van der Waals surface area (Å²) in [5, 5.41) is 4.95. The maximum atomic E-state index is 12.7. The molecule has 0 saturated carbocycles. The quantitative estimate of drug-likeness (QED) is 0.787. The Bertz CT molecular complexity index is 734. The molecule has 1 aromatic heterocycles. The second-order valence-corrected chi connectivity index (χ2v) is 4.62. The fourth-order valence-corrected chi connectivity index (χ4v) is 1.64. The summed E-state index contributed by atoms with van der Waals surface area (Å²) in [5.41, 5.74) is -0.918. The minimum atomic E-state index is -4.60. The highest BCUT2D eigenvalue weighted by Crippen LogP contribution is 2.31. The molecule has 0 aliphatic carbocycles. The molecule has 0 spiro atoms. The van der Waals surface area contributed by atoms with Gasteiger partial charge in [-0.15, -0.1) is 0 Å². The average molecular weight is 367 g/mol. The molecule has 2 rings (SSSR count). The van der Waals surface area contributed by atoms with Crippen LogP contribution in [0.3, 0.4) is 0 Å². The van der Waals surface area contributed by atoms with Crippen LogP contribution in [0.25, 0.3) is 0 Å². The summed E-state index contributed by atoms with van der Waals surface area (Å²) in [5.74, 6) is -0.405. The molecule has 136 valence electrons. The lowest BCUT2D eigenvalue weighted by Crippen LogP contribution is -2.20. The second-order valence-electron chi connectivity index (χ2n) is 4.62. The number of anilines is 3. The SMILES string of the molecule is CNc1nc(Nc2cccc(C(F)(F)F)c2)nc(OCC(F)(F)F)n1. The van der Waals surface area contributed by atoms with Crippen LogP contribution in [-0.4, -0.2) is 34.8 Å².